The fraction of sp³-hybridized carbons (Fsp3) is 0.583. The number of amides is 1. The zero-order chi connectivity index (χ0) is 15.9. The van der Waals surface area contributed by atoms with Crippen molar-refractivity contribution in [1.82, 2.24) is 10.2 Å². The van der Waals surface area contributed by atoms with Crippen LogP contribution in [0.25, 0.3) is 0 Å². The third kappa shape index (κ3) is 2.36. The van der Waals surface area contributed by atoms with Gasteiger partial charge in [0.15, 0.2) is 6.23 Å². The number of hydrogen-bond acceptors (Lipinski definition) is 6. The minimum Gasteiger partial charge on any atom is -0.391 e. The molecule has 1 amide bonds. The van der Waals surface area contributed by atoms with E-state index in [2.05, 4.69) is 0 Å². The van der Waals surface area contributed by atoms with E-state index in [0.717, 1.165) is 0 Å². The van der Waals surface area contributed by atoms with Gasteiger partial charge in [-0.05, 0) is 6.92 Å². The zero-order valence-corrected chi connectivity index (χ0v) is 10.9. The van der Waals surface area contributed by atoms with Crippen LogP contribution in [0.2, 0.25) is 0 Å². The maximum Gasteiger partial charge on any atom is 0.284 e. The predicted octanol–water partition coefficient (Wildman–Crippen LogP) is -1.69. The second-order valence-electron chi connectivity index (χ2n) is 4.82. The fourth-order valence-corrected chi connectivity index (χ4v) is 2.25. The number of rotatable bonds is 2. The lowest BCUT2D eigenvalue weighted by atomic mass is 9.94. The molecule has 0 bridgehead atoms. The highest BCUT2D eigenvalue weighted by Crippen LogP contribution is 2.38. The van der Waals surface area contributed by atoms with Gasteiger partial charge in [0, 0.05) is 6.20 Å². The monoisotopic (exact) mass is 304 g/mol. The van der Waals surface area contributed by atoms with Crippen molar-refractivity contribution in [3.05, 3.63) is 12.0 Å². The first-order valence-electron chi connectivity index (χ1n) is 6.04. The molecule has 9 heteroatoms. The molecule has 2 unspecified atom stereocenters. The first-order valence-corrected chi connectivity index (χ1v) is 6.04. The molecule has 2 heterocycles. The number of halogens is 2. The zero-order valence-electron chi connectivity index (χ0n) is 10.9. The topological polar surface area (TPSA) is 102 Å². The number of carbonyl (C=O) groups excluding carboxylic acids is 1. The summed E-state index contributed by atoms with van der Waals surface area (Å²) in [5, 5.41) is 30.8. The fourth-order valence-electron chi connectivity index (χ4n) is 2.25. The Hall–Kier alpha value is -1.73. The van der Waals surface area contributed by atoms with Gasteiger partial charge in [0.25, 0.3) is 5.91 Å². The van der Waals surface area contributed by atoms with Crippen LogP contribution in [0.4, 0.5) is 8.78 Å². The molecule has 7 nitrogen and oxygen atoms in total. The van der Waals surface area contributed by atoms with Gasteiger partial charge in [-0.2, -0.15) is 4.39 Å². The smallest absolute Gasteiger partial charge is 0.284 e. The highest BCUT2D eigenvalue weighted by molar-refractivity contribution is 5.91. The Morgan fingerprint density at radius 1 is 1.62 bits per heavy atom. The number of alkyl halides is 1. The second-order valence-corrected chi connectivity index (χ2v) is 4.82. The van der Waals surface area contributed by atoms with Gasteiger partial charge in [0.05, 0.1) is 6.10 Å². The third-order valence-corrected chi connectivity index (χ3v) is 3.38. The van der Waals surface area contributed by atoms with Gasteiger partial charge in [-0.3, -0.25) is 4.79 Å². The molecule has 1 saturated heterocycles. The van der Waals surface area contributed by atoms with E-state index in [0.29, 0.717) is 11.1 Å². The van der Waals surface area contributed by atoms with Crippen molar-refractivity contribution >= 4 is 5.91 Å². The number of hydrogen-bond donors (Lipinski definition) is 4. The highest BCUT2D eigenvalue weighted by Gasteiger charge is 2.60. The number of aliphatic hydroxyl groups excluding tert-OH is 3. The largest absolute Gasteiger partial charge is 0.391 e. The summed E-state index contributed by atoms with van der Waals surface area (Å²) < 4.78 is 33.2. The molecule has 0 aromatic heterocycles. The van der Waals surface area contributed by atoms with E-state index < -0.39 is 48.3 Å². The molecule has 21 heavy (non-hydrogen) atoms. The quantitative estimate of drug-likeness (QED) is 0.454. The Kier molecular flexibility index (Phi) is 3.90. The first-order chi connectivity index (χ1) is 9.72. The second kappa shape index (κ2) is 5.23. The minimum absolute atomic E-state index is 0.525. The summed E-state index contributed by atoms with van der Waals surface area (Å²) in [5.41, 5.74) is -2.82. The van der Waals surface area contributed by atoms with Crippen molar-refractivity contribution in [1.29, 1.82) is 0 Å². The Labute approximate surface area is 118 Å². The Bertz CT molecular complexity index is 520. The Morgan fingerprint density at radius 3 is 2.76 bits per heavy atom. The maximum absolute atomic E-state index is 14.8. The van der Waals surface area contributed by atoms with Gasteiger partial charge >= 0.3 is 0 Å². The van der Waals surface area contributed by atoms with Crippen LogP contribution in [0.3, 0.4) is 0 Å². The van der Waals surface area contributed by atoms with Crippen molar-refractivity contribution in [2.24, 2.45) is 0 Å². The van der Waals surface area contributed by atoms with Crippen LogP contribution in [-0.4, -0.2) is 62.7 Å². The summed E-state index contributed by atoms with van der Waals surface area (Å²) in [5.74, 6) is -0.780. The van der Waals surface area contributed by atoms with Crippen LogP contribution in [0.15, 0.2) is 12.0 Å². The average Bonchev–Trinajstić information content (AvgIpc) is 2.68. The first kappa shape index (κ1) is 15.7. The van der Waals surface area contributed by atoms with E-state index in [9.17, 15) is 28.9 Å². The standard InChI is InChI=1S/C12H14F2N2O5/c1-3-12(14)8(18)7(5(2)17)21-10(12)16-4-6(13)9(19)15-11(16)20/h1,4-5,7-8,10-11,17-18,20H,2H3,(H,15,19)/t5-,7-,8+,10-,11?,12?/m1/s1. The van der Waals surface area contributed by atoms with E-state index in [1.807, 2.05) is 5.32 Å². The SMILES string of the molecule is C#CC1(F)[C@@H](O)[C@@H]([C@@H](C)O)O[C@H]1N1C=C(F)C(=O)NC1O. The molecule has 0 spiro atoms. The van der Waals surface area contributed by atoms with Crippen LogP contribution in [0, 0.1) is 12.3 Å². The van der Waals surface area contributed by atoms with E-state index >= 15 is 0 Å². The normalized spacial score (nSPS) is 41.3. The van der Waals surface area contributed by atoms with Gasteiger partial charge in [-0.25, -0.2) is 4.39 Å². The van der Waals surface area contributed by atoms with Gasteiger partial charge in [0.1, 0.15) is 12.2 Å². The number of carbonyl (C=O) groups is 1. The molecule has 0 aromatic carbocycles. The van der Waals surface area contributed by atoms with E-state index in [-0.39, 0.29) is 0 Å². The molecule has 2 rings (SSSR count). The molecular weight excluding hydrogens is 290 g/mol. The minimum atomic E-state index is -2.82. The van der Waals surface area contributed by atoms with Gasteiger partial charge in [-0.15, -0.1) is 6.42 Å². The average molecular weight is 304 g/mol. The lowest BCUT2D eigenvalue weighted by Gasteiger charge is -2.37. The molecule has 0 aromatic rings. The molecule has 0 saturated carbocycles. The summed E-state index contributed by atoms with van der Waals surface area (Å²) in [4.78, 5) is 11.6. The summed E-state index contributed by atoms with van der Waals surface area (Å²) in [7, 11) is 0. The summed E-state index contributed by atoms with van der Waals surface area (Å²) in [6.45, 7) is 1.25. The Morgan fingerprint density at radius 2 is 2.24 bits per heavy atom. The summed E-state index contributed by atoms with van der Waals surface area (Å²) >= 11 is 0. The maximum atomic E-state index is 14.8. The van der Waals surface area contributed by atoms with Crippen LogP contribution in [0.5, 0.6) is 0 Å². The molecule has 0 radical (unpaired) electrons. The number of nitrogens with zero attached hydrogens (tertiary/aromatic N) is 1. The predicted molar refractivity (Wildman–Crippen MR) is 64.2 cm³/mol. The van der Waals surface area contributed by atoms with Crippen molar-refractivity contribution in [3.8, 4) is 12.3 Å². The molecule has 2 aliphatic heterocycles. The molecular formula is C12H14F2N2O5. The number of terminal acetylenes is 1. The highest BCUT2D eigenvalue weighted by atomic mass is 19.1. The van der Waals surface area contributed by atoms with Crippen molar-refractivity contribution in [2.75, 3.05) is 0 Å². The van der Waals surface area contributed by atoms with E-state index in [1.165, 1.54) is 6.92 Å². The summed E-state index contributed by atoms with van der Waals surface area (Å²) in [6.07, 6.45) is -2.54. The lowest BCUT2D eigenvalue weighted by Crippen LogP contribution is -2.59. The summed E-state index contributed by atoms with van der Waals surface area (Å²) in [6, 6.07) is 0. The third-order valence-electron chi connectivity index (χ3n) is 3.38. The van der Waals surface area contributed by atoms with Gasteiger partial charge in [-0.1, -0.05) is 5.92 Å². The van der Waals surface area contributed by atoms with Crippen LogP contribution < -0.4 is 5.32 Å². The Balaban J connectivity index is 2.38. The van der Waals surface area contributed by atoms with E-state index in [1.54, 1.807) is 5.92 Å². The number of ether oxygens (including phenoxy) is 1. The van der Waals surface area contributed by atoms with Gasteiger partial charge < -0.3 is 30.3 Å². The molecule has 4 N–H and O–H groups in total. The molecule has 116 valence electrons. The van der Waals surface area contributed by atoms with Crippen molar-refractivity contribution in [3.63, 3.8) is 0 Å². The van der Waals surface area contributed by atoms with Crippen molar-refractivity contribution < 1.29 is 33.6 Å². The molecule has 0 aliphatic carbocycles. The number of nitrogens with one attached hydrogen (secondary N) is 1. The molecule has 1 fully saturated rings. The van der Waals surface area contributed by atoms with Crippen LogP contribution >= 0.6 is 0 Å². The molecule has 6 atom stereocenters. The van der Waals surface area contributed by atoms with Crippen molar-refractivity contribution in [2.45, 2.75) is 43.5 Å². The van der Waals surface area contributed by atoms with Crippen LogP contribution in [0.1, 0.15) is 6.92 Å². The number of aliphatic hydroxyl groups is 3. The van der Waals surface area contributed by atoms with Crippen LogP contribution in [-0.2, 0) is 9.53 Å². The lowest BCUT2D eigenvalue weighted by molar-refractivity contribution is -0.161. The molecule has 2 aliphatic rings. The van der Waals surface area contributed by atoms with E-state index in [4.69, 9.17) is 11.2 Å². The van der Waals surface area contributed by atoms with Gasteiger partial charge in [0.2, 0.25) is 17.8 Å².